The highest BCUT2D eigenvalue weighted by atomic mass is 16.3. The van der Waals surface area contributed by atoms with E-state index in [0.717, 1.165) is 44.1 Å². The highest BCUT2D eigenvalue weighted by Crippen LogP contribution is 2.44. The minimum absolute atomic E-state index is 0.0264. The maximum absolute atomic E-state index is 10.5. The average Bonchev–Trinajstić information content (AvgIpc) is 2.27. The Kier molecular flexibility index (Phi) is 5.85. The zero-order valence-electron chi connectivity index (χ0n) is 13.0. The molecule has 0 amide bonds. The fourth-order valence-electron chi connectivity index (χ4n) is 3.07. The quantitative estimate of drug-likeness (QED) is 0.584. The van der Waals surface area contributed by atoms with Crippen molar-refractivity contribution in [1.29, 1.82) is 0 Å². The molecule has 2 atom stereocenters. The van der Waals surface area contributed by atoms with E-state index in [0.29, 0.717) is 0 Å². The van der Waals surface area contributed by atoms with Crippen molar-refractivity contribution < 1.29 is 10.2 Å². The molecule has 0 aromatic rings. The molecule has 0 aromatic carbocycles. The van der Waals surface area contributed by atoms with Gasteiger partial charge in [-0.3, -0.25) is 0 Å². The lowest BCUT2D eigenvalue weighted by atomic mass is 9.66. The Labute approximate surface area is 118 Å². The van der Waals surface area contributed by atoms with E-state index >= 15 is 0 Å². The first-order chi connectivity index (χ1) is 8.79. The molecule has 0 spiro atoms. The van der Waals surface area contributed by atoms with Gasteiger partial charge in [-0.05, 0) is 44.1 Å². The van der Waals surface area contributed by atoms with Gasteiger partial charge in [0.25, 0.3) is 0 Å². The van der Waals surface area contributed by atoms with Gasteiger partial charge in [0.15, 0.2) is 0 Å². The summed E-state index contributed by atoms with van der Waals surface area (Å²) in [6.07, 6.45) is 8.37. The number of hydrogen-bond donors (Lipinski definition) is 2. The van der Waals surface area contributed by atoms with Gasteiger partial charge in [0, 0.05) is 5.57 Å². The van der Waals surface area contributed by atoms with Crippen LogP contribution < -0.4 is 0 Å². The zero-order chi connectivity index (χ0) is 14.5. The van der Waals surface area contributed by atoms with E-state index in [-0.39, 0.29) is 5.41 Å². The summed E-state index contributed by atoms with van der Waals surface area (Å²) < 4.78 is 0. The SMILES string of the molecule is CCCCCC(O)C=C=C1C(C)(C)CCCC1(C)O. The van der Waals surface area contributed by atoms with Crippen molar-refractivity contribution in [2.75, 3.05) is 0 Å². The first-order valence-corrected chi connectivity index (χ1v) is 7.68. The molecule has 0 heterocycles. The molecule has 1 fully saturated rings. The van der Waals surface area contributed by atoms with Crippen LogP contribution in [0.25, 0.3) is 0 Å². The van der Waals surface area contributed by atoms with E-state index in [2.05, 4.69) is 26.5 Å². The predicted molar refractivity (Wildman–Crippen MR) is 80.0 cm³/mol. The molecular weight excluding hydrogens is 236 g/mol. The fourth-order valence-corrected chi connectivity index (χ4v) is 3.07. The maximum Gasteiger partial charge on any atom is 0.0907 e. The molecular formula is C17H30O2. The number of rotatable bonds is 5. The second kappa shape index (κ2) is 6.74. The Morgan fingerprint density at radius 2 is 1.95 bits per heavy atom. The Morgan fingerprint density at radius 1 is 1.26 bits per heavy atom. The van der Waals surface area contributed by atoms with Gasteiger partial charge in [-0.1, -0.05) is 40.0 Å². The van der Waals surface area contributed by atoms with Gasteiger partial charge in [-0.15, -0.1) is 5.73 Å². The topological polar surface area (TPSA) is 40.5 Å². The van der Waals surface area contributed by atoms with Gasteiger partial charge in [0.05, 0.1) is 11.7 Å². The van der Waals surface area contributed by atoms with Crippen LogP contribution in [-0.4, -0.2) is 21.9 Å². The Morgan fingerprint density at radius 3 is 2.53 bits per heavy atom. The molecule has 1 saturated carbocycles. The largest absolute Gasteiger partial charge is 0.388 e. The van der Waals surface area contributed by atoms with E-state index in [1.807, 2.05) is 6.92 Å². The third kappa shape index (κ3) is 4.80. The van der Waals surface area contributed by atoms with E-state index in [9.17, 15) is 10.2 Å². The standard InChI is InChI=1S/C17H30O2/c1-5-6-7-9-14(18)10-11-15-16(2,3)12-8-13-17(15,4)19/h10,14,18-19H,5-9,12-13H2,1-4H3. The molecule has 1 aliphatic carbocycles. The maximum atomic E-state index is 10.5. The Balaban J connectivity index is 2.80. The summed E-state index contributed by atoms with van der Waals surface area (Å²) in [5.41, 5.74) is 3.36. The van der Waals surface area contributed by atoms with Crippen molar-refractivity contribution in [1.82, 2.24) is 0 Å². The second-order valence-corrected chi connectivity index (χ2v) is 6.76. The summed E-state index contributed by atoms with van der Waals surface area (Å²) in [7, 11) is 0. The van der Waals surface area contributed by atoms with Crippen LogP contribution in [0, 0.1) is 5.41 Å². The third-order valence-electron chi connectivity index (χ3n) is 4.20. The molecule has 0 bridgehead atoms. The first-order valence-electron chi connectivity index (χ1n) is 7.68. The summed E-state index contributed by atoms with van der Waals surface area (Å²) in [5, 5.41) is 20.4. The Hall–Kier alpha value is -0.560. The van der Waals surface area contributed by atoms with Crippen molar-refractivity contribution in [3.8, 4) is 0 Å². The molecule has 0 radical (unpaired) electrons. The van der Waals surface area contributed by atoms with E-state index in [4.69, 9.17) is 0 Å². The molecule has 2 heteroatoms. The first kappa shape index (κ1) is 16.5. The number of hydrogen-bond acceptors (Lipinski definition) is 2. The molecule has 1 aliphatic rings. The van der Waals surface area contributed by atoms with Crippen LogP contribution >= 0.6 is 0 Å². The molecule has 110 valence electrons. The van der Waals surface area contributed by atoms with Crippen molar-refractivity contribution in [2.45, 2.75) is 84.3 Å². The van der Waals surface area contributed by atoms with Crippen LogP contribution in [0.4, 0.5) is 0 Å². The van der Waals surface area contributed by atoms with Gasteiger partial charge in [0.2, 0.25) is 0 Å². The van der Waals surface area contributed by atoms with Crippen molar-refractivity contribution in [2.24, 2.45) is 5.41 Å². The van der Waals surface area contributed by atoms with Crippen LogP contribution in [0.5, 0.6) is 0 Å². The van der Waals surface area contributed by atoms with Gasteiger partial charge in [0.1, 0.15) is 0 Å². The summed E-state index contributed by atoms with van der Waals surface area (Å²) in [6.45, 7) is 8.33. The highest BCUT2D eigenvalue weighted by molar-refractivity contribution is 5.24. The van der Waals surface area contributed by atoms with Gasteiger partial charge in [-0.2, -0.15) is 0 Å². The predicted octanol–water partition coefficient (Wildman–Crippen LogP) is 3.97. The van der Waals surface area contributed by atoms with Crippen molar-refractivity contribution in [3.63, 3.8) is 0 Å². The van der Waals surface area contributed by atoms with Gasteiger partial charge in [-0.25, -0.2) is 0 Å². The Bertz CT molecular complexity index is 328. The number of unbranched alkanes of at least 4 members (excludes halogenated alkanes) is 2. The van der Waals surface area contributed by atoms with E-state index < -0.39 is 11.7 Å². The smallest absolute Gasteiger partial charge is 0.0907 e. The van der Waals surface area contributed by atoms with Gasteiger partial charge >= 0.3 is 0 Å². The van der Waals surface area contributed by atoms with Crippen LogP contribution in [-0.2, 0) is 0 Å². The number of aliphatic hydroxyl groups is 2. The molecule has 0 saturated heterocycles. The minimum Gasteiger partial charge on any atom is -0.388 e. The molecule has 2 N–H and O–H groups in total. The highest BCUT2D eigenvalue weighted by Gasteiger charge is 2.40. The monoisotopic (exact) mass is 266 g/mol. The van der Waals surface area contributed by atoms with Gasteiger partial charge < -0.3 is 10.2 Å². The average molecular weight is 266 g/mol. The molecule has 0 aromatic heterocycles. The zero-order valence-corrected chi connectivity index (χ0v) is 13.0. The fraction of sp³-hybridized carbons (Fsp3) is 0.824. The summed E-state index contributed by atoms with van der Waals surface area (Å²) in [4.78, 5) is 0. The normalized spacial score (nSPS) is 27.8. The molecule has 2 nitrogen and oxygen atoms in total. The van der Waals surface area contributed by atoms with Crippen molar-refractivity contribution in [3.05, 3.63) is 17.4 Å². The molecule has 2 unspecified atom stereocenters. The number of aliphatic hydroxyl groups excluding tert-OH is 1. The minimum atomic E-state index is -0.776. The van der Waals surface area contributed by atoms with E-state index in [1.165, 1.54) is 6.42 Å². The second-order valence-electron chi connectivity index (χ2n) is 6.76. The lowest BCUT2D eigenvalue weighted by Crippen LogP contribution is -2.39. The summed E-state index contributed by atoms with van der Waals surface area (Å²) in [5.74, 6) is 0. The third-order valence-corrected chi connectivity index (χ3v) is 4.20. The van der Waals surface area contributed by atoms with E-state index in [1.54, 1.807) is 6.08 Å². The van der Waals surface area contributed by atoms with Crippen molar-refractivity contribution >= 4 is 0 Å². The van der Waals surface area contributed by atoms with Crippen LogP contribution in [0.1, 0.15) is 72.6 Å². The van der Waals surface area contributed by atoms with Crippen LogP contribution in [0.3, 0.4) is 0 Å². The lowest BCUT2D eigenvalue weighted by Gasteiger charge is -2.41. The summed E-state index contributed by atoms with van der Waals surface area (Å²) >= 11 is 0. The molecule has 1 rings (SSSR count). The van der Waals surface area contributed by atoms with Crippen LogP contribution in [0.2, 0.25) is 0 Å². The molecule has 0 aliphatic heterocycles. The molecule has 19 heavy (non-hydrogen) atoms. The van der Waals surface area contributed by atoms with Crippen LogP contribution in [0.15, 0.2) is 17.4 Å². The lowest BCUT2D eigenvalue weighted by molar-refractivity contribution is 0.0400. The summed E-state index contributed by atoms with van der Waals surface area (Å²) in [6, 6.07) is 0.